The summed E-state index contributed by atoms with van der Waals surface area (Å²) < 4.78 is 4.58. The zero-order valence-corrected chi connectivity index (χ0v) is 10.3. The van der Waals surface area contributed by atoms with Gasteiger partial charge in [0.05, 0.1) is 29.9 Å². The van der Waals surface area contributed by atoms with Crippen LogP contribution in [0.15, 0.2) is 18.2 Å². The van der Waals surface area contributed by atoms with Gasteiger partial charge in [-0.15, -0.1) is 0 Å². The van der Waals surface area contributed by atoms with Crippen LogP contribution >= 0.6 is 11.6 Å². The number of benzene rings is 1. The van der Waals surface area contributed by atoms with E-state index in [0.29, 0.717) is 16.3 Å². The zero-order chi connectivity index (χ0) is 12.8. The summed E-state index contributed by atoms with van der Waals surface area (Å²) in [5, 5.41) is 5.66. The summed E-state index contributed by atoms with van der Waals surface area (Å²) in [4.78, 5) is 22.7. The fourth-order valence-electron chi connectivity index (χ4n) is 1.22. The summed E-state index contributed by atoms with van der Waals surface area (Å²) in [6.07, 6.45) is 0. The van der Waals surface area contributed by atoms with Gasteiger partial charge >= 0.3 is 5.97 Å². The third-order valence-electron chi connectivity index (χ3n) is 2.00. The van der Waals surface area contributed by atoms with Gasteiger partial charge in [0, 0.05) is 0 Å². The van der Waals surface area contributed by atoms with Crippen molar-refractivity contribution in [2.75, 3.05) is 26.0 Å². The van der Waals surface area contributed by atoms with Crippen molar-refractivity contribution >= 4 is 29.2 Å². The van der Waals surface area contributed by atoms with E-state index in [-0.39, 0.29) is 12.5 Å². The predicted octanol–water partition coefficient (Wildman–Crippen LogP) is 1.28. The lowest BCUT2D eigenvalue weighted by Gasteiger charge is -2.08. The Bertz CT molecular complexity index is 435. The number of rotatable bonds is 4. The van der Waals surface area contributed by atoms with Gasteiger partial charge < -0.3 is 15.4 Å². The Morgan fingerprint density at radius 2 is 2.12 bits per heavy atom. The smallest absolute Gasteiger partial charge is 0.337 e. The van der Waals surface area contributed by atoms with Crippen molar-refractivity contribution in [3.8, 4) is 0 Å². The Kier molecular flexibility index (Phi) is 4.93. The molecule has 0 heterocycles. The summed E-state index contributed by atoms with van der Waals surface area (Å²) in [5.74, 6) is -0.720. The van der Waals surface area contributed by atoms with Crippen molar-refractivity contribution < 1.29 is 14.3 Å². The quantitative estimate of drug-likeness (QED) is 0.797. The maximum Gasteiger partial charge on any atom is 0.337 e. The molecule has 17 heavy (non-hydrogen) atoms. The van der Waals surface area contributed by atoms with Gasteiger partial charge in [-0.3, -0.25) is 4.79 Å². The average molecular weight is 257 g/mol. The number of anilines is 1. The highest BCUT2D eigenvalue weighted by Crippen LogP contribution is 2.23. The number of methoxy groups -OCH3 is 1. The molecule has 92 valence electrons. The second-order valence-electron chi connectivity index (χ2n) is 3.26. The van der Waals surface area contributed by atoms with E-state index in [1.165, 1.54) is 25.3 Å². The topological polar surface area (TPSA) is 67.4 Å². The minimum atomic E-state index is -0.481. The summed E-state index contributed by atoms with van der Waals surface area (Å²) >= 11 is 5.90. The molecule has 0 fully saturated rings. The second-order valence-corrected chi connectivity index (χ2v) is 3.67. The van der Waals surface area contributed by atoms with Gasteiger partial charge in [-0.1, -0.05) is 11.6 Å². The van der Waals surface area contributed by atoms with Crippen LogP contribution in [0.4, 0.5) is 5.69 Å². The average Bonchev–Trinajstić information content (AvgIpc) is 2.31. The number of carbonyl (C=O) groups excluding carboxylic acids is 2. The van der Waals surface area contributed by atoms with E-state index >= 15 is 0 Å². The van der Waals surface area contributed by atoms with Crippen LogP contribution in [0.2, 0.25) is 5.02 Å². The highest BCUT2D eigenvalue weighted by molar-refractivity contribution is 6.33. The molecule has 0 aliphatic rings. The van der Waals surface area contributed by atoms with Crippen molar-refractivity contribution in [2.24, 2.45) is 0 Å². The van der Waals surface area contributed by atoms with Gasteiger partial charge in [-0.2, -0.15) is 0 Å². The Balaban J connectivity index is 2.90. The molecule has 0 atom stereocenters. The van der Waals surface area contributed by atoms with Gasteiger partial charge in [-0.05, 0) is 25.2 Å². The van der Waals surface area contributed by atoms with Crippen molar-refractivity contribution in [3.05, 3.63) is 28.8 Å². The normalized spacial score (nSPS) is 9.82. The summed E-state index contributed by atoms with van der Waals surface area (Å²) in [6, 6.07) is 4.53. The second kappa shape index (κ2) is 6.22. The molecule has 0 spiro atoms. The van der Waals surface area contributed by atoms with Crippen LogP contribution in [0.3, 0.4) is 0 Å². The molecule has 0 aromatic heterocycles. The predicted molar refractivity (Wildman–Crippen MR) is 65.3 cm³/mol. The molecule has 1 aromatic rings. The molecule has 5 nitrogen and oxygen atoms in total. The third-order valence-corrected chi connectivity index (χ3v) is 2.33. The first kappa shape index (κ1) is 13.5. The molecule has 0 aliphatic heterocycles. The number of hydrogen-bond donors (Lipinski definition) is 2. The molecule has 0 saturated heterocycles. The van der Waals surface area contributed by atoms with E-state index in [9.17, 15) is 9.59 Å². The van der Waals surface area contributed by atoms with Crippen molar-refractivity contribution in [1.29, 1.82) is 0 Å². The van der Waals surface area contributed by atoms with Crippen molar-refractivity contribution in [1.82, 2.24) is 5.32 Å². The summed E-state index contributed by atoms with van der Waals surface area (Å²) in [7, 11) is 2.95. The van der Waals surface area contributed by atoms with E-state index in [1.54, 1.807) is 7.05 Å². The van der Waals surface area contributed by atoms with Crippen LogP contribution in [0, 0.1) is 0 Å². The molecule has 0 radical (unpaired) electrons. The highest BCUT2D eigenvalue weighted by atomic mass is 35.5. The van der Waals surface area contributed by atoms with E-state index in [2.05, 4.69) is 15.4 Å². The lowest BCUT2D eigenvalue weighted by molar-refractivity contribution is -0.115. The minimum absolute atomic E-state index is 0.165. The minimum Gasteiger partial charge on any atom is -0.465 e. The fraction of sp³-hybridized carbons (Fsp3) is 0.273. The lowest BCUT2D eigenvalue weighted by Crippen LogP contribution is -2.25. The molecule has 6 heteroatoms. The van der Waals surface area contributed by atoms with Crippen LogP contribution in [-0.4, -0.2) is 32.6 Å². The van der Waals surface area contributed by atoms with Crippen LogP contribution in [0.1, 0.15) is 10.4 Å². The molecule has 1 rings (SSSR count). The first-order valence-corrected chi connectivity index (χ1v) is 5.28. The van der Waals surface area contributed by atoms with Gasteiger partial charge in [0.1, 0.15) is 0 Å². The first-order valence-electron chi connectivity index (χ1n) is 4.90. The Hall–Kier alpha value is -1.59. The number of carbonyl (C=O) groups is 2. The van der Waals surface area contributed by atoms with E-state index in [0.717, 1.165) is 0 Å². The van der Waals surface area contributed by atoms with Crippen molar-refractivity contribution in [3.63, 3.8) is 0 Å². The standard InChI is InChI=1S/C11H13ClN2O3/c1-13-6-10(15)14-9-5-7(11(16)17-2)3-4-8(9)12/h3-5,13H,6H2,1-2H3,(H,14,15). The Morgan fingerprint density at radius 1 is 1.41 bits per heavy atom. The molecule has 0 bridgehead atoms. The summed E-state index contributed by atoms with van der Waals surface area (Å²) in [6.45, 7) is 0.165. The molecule has 2 N–H and O–H groups in total. The monoisotopic (exact) mass is 256 g/mol. The lowest BCUT2D eigenvalue weighted by atomic mass is 10.2. The maximum atomic E-state index is 11.4. The number of ether oxygens (including phenoxy) is 1. The largest absolute Gasteiger partial charge is 0.465 e. The highest BCUT2D eigenvalue weighted by Gasteiger charge is 2.10. The summed E-state index contributed by atoms with van der Waals surface area (Å²) in [5.41, 5.74) is 0.714. The fourth-order valence-corrected chi connectivity index (χ4v) is 1.39. The van der Waals surface area contributed by atoms with Gasteiger partial charge in [0.2, 0.25) is 5.91 Å². The number of esters is 1. The van der Waals surface area contributed by atoms with E-state index in [1.807, 2.05) is 0 Å². The molecule has 0 aliphatic carbocycles. The van der Waals surface area contributed by atoms with Crippen LogP contribution in [-0.2, 0) is 9.53 Å². The van der Waals surface area contributed by atoms with Crippen molar-refractivity contribution in [2.45, 2.75) is 0 Å². The van der Waals surface area contributed by atoms with E-state index < -0.39 is 5.97 Å². The Labute approximate surface area is 104 Å². The number of likely N-dealkylation sites (N-methyl/N-ethyl adjacent to an activating group) is 1. The van der Waals surface area contributed by atoms with Gasteiger partial charge in [0.15, 0.2) is 0 Å². The zero-order valence-electron chi connectivity index (χ0n) is 9.54. The van der Waals surface area contributed by atoms with Gasteiger partial charge in [-0.25, -0.2) is 4.79 Å². The van der Waals surface area contributed by atoms with Crippen LogP contribution in [0.5, 0.6) is 0 Å². The third kappa shape index (κ3) is 3.72. The first-order chi connectivity index (χ1) is 8.08. The van der Waals surface area contributed by atoms with Crippen LogP contribution in [0.25, 0.3) is 0 Å². The molecule has 0 unspecified atom stereocenters. The molecule has 0 saturated carbocycles. The molecule has 1 aromatic carbocycles. The maximum absolute atomic E-state index is 11.4. The molecular weight excluding hydrogens is 244 g/mol. The number of nitrogens with one attached hydrogen (secondary N) is 2. The van der Waals surface area contributed by atoms with Crippen LogP contribution < -0.4 is 10.6 Å². The molecular formula is C11H13ClN2O3. The number of amides is 1. The molecule has 1 amide bonds. The SMILES string of the molecule is CNCC(=O)Nc1cc(C(=O)OC)ccc1Cl. The van der Waals surface area contributed by atoms with E-state index in [4.69, 9.17) is 11.6 Å². The number of hydrogen-bond acceptors (Lipinski definition) is 4. The van der Waals surface area contributed by atoms with Gasteiger partial charge in [0.25, 0.3) is 0 Å². The Morgan fingerprint density at radius 3 is 2.71 bits per heavy atom. The number of halogens is 1.